The number of primary amides is 1. The largest absolute Gasteiger partial charge is 0.370 e. The SMILES string of the molecule is CC1CC(C)C(C(=O)NCCCC(N)=O)CC1N. The van der Waals surface area contributed by atoms with Gasteiger partial charge in [-0.05, 0) is 31.1 Å². The Kier molecular flexibility index (Phi) is 5.59. The fourth-order valence-electron chi connectivity index (χ4n) is 2.65. The molecule has 0 aromatic heterocycles. The summed E-state index contributed by atoms with van der Waals surface area (Å²) in [6, 6.07) is 0.113. The van der Waals surface area contributed by atoms with Crippen molar-refractivity contribution in [2.24, 2.45) is 29.2 Å². The van der Waals surface area contributed by atoms with Crippen molar-refractivity contribution in [3.63, 3.8) is 0 Å². The lowest BCUT2D eigenvalue weighted by atomic mass is 9.72. The van der Waals surface area contributed by atoms with Gasteiger partial charge >= 0.3 is 0 Å². The van der Waals surface area contributed by atoms with Crippen molar-refractivity contribution in [1.29, 1.82) is 0 Å². The van der Waals surface area contributed by atoms with Gasteiger partial charge in [-0.1, -0.05) is 13.8 Å². The Labute approximate surface area is 109 Å². The first kappa shape index (κ1) is 15.0. The minimum atomic E-state index is -0.328. The molecule has 1 saturated carbocycles. The summed E-state index contributed by atoms with van der Waals surface area (Å²) >= 11 is 0. The molecule has 1 aliphatic rings. The van der Waals surface area contributed by atoms with Crippen LogP contribution < -0.4 is 16.8 Å². The molecule has 1 fully saturated rings. The van der Waals surface area contributed by atoms with Crippen molar-refractivity contribution >= 4 is 11.8 Å². The highest BCUT2D eigenvalue weighted by atomic mass is 16.2. The van der Waals surface area contributed by atoms with E-state index in [-0.39, 0.29) is 23.8 Å². The van der Waals surface area contributed by atoms with Gasteiger partial charge in [0.2, 0.25) is 11.8 Å². The summed E-state index contributed by atoms with van der Waals surface area (Å²) < 4.78 is 0. The molecule has 104 valence electrons. The first-order valence-electron chi connectivity index (χ1n) is 6.73. The van der Waals surface area contributed by atoms with Crippen LogP contribution in [0.25, 0.3) is 0 Å². The van der Waals surface area contributed by atoms with Crippen molar-refractivity contribution in [1.82, 2.24) is 5.32 Å². The zero-order valence-electron chi connectivity index (χ0n) is 11.3. The Bertz CT molecular complexity index is 307. The molecule has 5 nitrogen and oxygen atoms in total. The van der Waals surface area contributed by atoms with Crippen LogP contribution in [0.15, 0.2) is 0 Å². The van der Waals surface area contributed by atoms with Crippen LogP contribution in [0, 0.1) is 17.8 Å². The number of nitrogens with two attached hydrogens (primary N) is 2. The summed E-state index contributed by atoms with van der Waals surface area (Å²) in [6.07, 6.45) is 2.67. The minimum Gasteiger partial charge on any atom is -0.370 e. The summed E-state index contributed by atoms with van der Waals surface area (Å²) in [5, 5.41) is 2.87. The van der Waals surface area contributed by atoms with E-state index in [9.17, 15) is 9.59 Å². The second-order valence-electron chi connectivity index (χ2n) is 5.56. The highest BCUT2D eigenvalue weighted by Gasteiger charge is 2.34. The summed E-state index contributed by atoms with van der Waals surface area (Å²) in [5.74, 6) is 0.597. The molecule has 1 aliphatic carbocycles. The van der Waals surface area contributed by atoms with Crippen molar-refractivity contribution in [3.8, 4) is 0 Å². The molecular formula is C13H25N3O2. The number of carbonyl (C=O) groups is 2. The third kappa shape index (κ3) is 4.29. The maximum absolute atomic E-state index is 12.0. The zero-order valence-corrected chi connectivity index (χ0v) is 11.3. The molecule has 0 aliphatic heterocycles. The molecule has 1 rings (SSSR count). The van der Waals surface area contributed by atoms with Gasteiger partial charge in [-0.25, -0.2) is 0 Å². The number of nitrogens with one attached hydrogen (secondary N) is 1. The maximum Gasteiger partial charge on any atom is 0.223 e. The molecule has 0 heterocycles. The first-order chi connectivity index (χ1) is 8.41. The smallest absolute Gasteiger partial charge is 0.223 e. The van der Waals surface area contributed by atoms with E-state index in [1.807, 2.05) is 0 Å². The van der Waals surface area contributed by atoms with E-state index >= 15 is 0 Å². The van der Waals surface area contributed by atoms with E-state index in [0.717, 1.165) is 12.8 Å². The Morgan fingerprint density at radius 3 is 2.50 bits per heavy atom. The van der Waals surface area contributed by atoms with Crippen LogP contribution in [0.3, 0.4) is 0 Å². The van der Waals surface area contributed by atoms with Crippen LogP contribution in [0.5, 0.6) is 0 Å². The molecule has 5 heteroatoms. The van der Waals surface area contributed by atoms with Crippen LogP contribution in [-0.4, -0.2) is 24.4 Å². The average molecular weight is 255 g/mol. The second-order valence-corrected chi connectivity index (χ2v) is 5.56. The van der Waals surface area contributed by atoms with Gasteiger partial charge in [-0.15, -0.1) is 0 Å². The van der Waals surface area contributed by atoms with E-state index in [1.54, 1.807) is 0 Å². The summed E-state index contributed by atoms with van der Waals surface area (Å²) in [5.41, 5.74) is 11.1. The normalized spacial score (nSPS) is 31.9. The Morgan fingerprint density at radius 2 is 1.89 bits per heavy atom. The molecule has 0 aromatic rings. The number of amides is 2. The summed E-state index contributed by atoms with van der Waals surface area (Å²) in [4.78, 5) is 22.6. The molecule has 4 unspecified atom stereocenters. The minimum absolute atomic E-state index is 0.00442. The van der Waals surface area contributed by atoms with Crippen LogP contribution in [0.2, 0.25) is 0 Å². The van der Waals surface area contributed by atoms with Gasteiger partial charge in [0, 0.05) is 24.9 Å². The van der Waals surface area contributed by atoms with Crippen molar-refractivity contribution in [2.45, 2.75) is 45.6 Å². The van der Waals surface area contributed by atoms with Crippen LogP contribution in [0.1, 0.15) is 39.5 Å². The molecule has 5 N–H and O–H groups in total. The molecule has 0 radical (unpaired) electrons. The van der Waals surface area contributed by atoms with Crippen molar-refractivity contribution in [2.75, 3.05) is 6.54 Å². The fraction of sp³-hybridized carbons (Fsp3) is 0.846. The molecule has 18 heavy (non-hydrogen) atoms. The van der Waals surface area contributed by atoms with Gasteiger partial charge in [0.1, 0.15) is 0 Å². The third-order valence-corrected chi connectivity index (χ3v) is 3.92. The molecule has 4 atom stereocenters. The van der Waals surface area contributed by atoms with Crippen molar-refractivity contribution < 1.29 is 9.59 Å². The second kappa shape index (κ2) is 6.73. The van der Waals surface area contributed by atoms with Gasteiger partial charge in [-0.3, -0.25) is 9.59 Å². The monoisotopic (exact) mass is 255 g/mol. The van der Waals surface area contributed by atoms with Gasteiger partial charge in [-0.2, -0.15) is 0 Å². The predicted molar refractivity (Wildman–Crippen MR) is 70.5 cm³/mol. The van der Waals surface area contributed by atoms with E-state index < -0.39 is 0 Å². The molecule has 2 amide bonds. The topological polar surface area (TPSA) is 98.2 Å². The van der Waals surface area contributed by atoms with E-state index in [4.69, 9.17) is 11.5 Å². The lowest BCUT2D eigenvalue weighted by Crippen LogP contribution is -2.45. The van der Waals surface area contributed by atoms with E-state index in [2.05, 4.69) is 19.2 Å². The lowest BCUT2D eigenvalue weighted by Gasteiger charge is -2.36. The quantitative estimate of drug-likeness (QED) is 0.619. The molecule has 0 spiro atoms. The van der Waals surface area contributed by atoms with Crippen molar-refractivity contribution in [3.05, 3.63) is 0 Å². The molecule has 0 bridgehead atoms. The van der Waals surface area contributed by atoms with Gasteiger partial charge < -0.3 is 16.8 Å². The number of hydrogen-bond donors (Lipinski definition) is 3. The molecule has 0 saturated heterocycles. The van der Waals surface area contributed by atoms with E-state index in [0.29, 0.717) is 31.2 Å². The Morgan fingerprint density at radius 1 is 1.22 bits per heavy atom. The fourth-order valence-corrected chi connectivity index (χ4v) is 2.65. The molecule has 0 aromatic carbocycles. The molecular weight excluding hydrogens is 230 g/mol. The first-order valence-corrected chi connectivity index (χ1v) is 6.73. The number of rotatable bonds is 5. The Hall–Kier alpha value is -1.10. The van der Waals surface area contributed by atoms with Crippen LogP contribution >= 0.6 is 0 Å². The predicted octanol–water partition coefficient (Wildman–Crippen LogP) is 0.378. The highest BCUT2D eigenvalue weighted by Crippen LogP contribution is 2.32. The average Bonchev–Trinajstić information content (AvgIpc) is 2.28. The Balaban J connectivity index is 2.34. The van der Waals surface area contributed by atoms with Crippen LogP contribution in [-0.2, 0) is 9.59 Å². The highest BCUT2D eigenvalue weighted by molar-refractivity contribution is 5.79. The maximum atomic E-state index is 12.0. The van der Waals surface area contributed by atoms with Gasteiger partial charge in [0.05, 0.1) is 0 Å². The zero-order chi connectivity index (χ0) is 13.7. The van der Waals surface area contributed by atoms with E-state index in [1.165, 1.54) is 0 Å². The van der Waals surface area contributed by atoms with Crippen LogP contribution in [0.4, 0.5) is 0 Å². The number of hydrogen-bond acceptors (Lipinski definition) is 3. The van der Waals surface area contributed by atoms with Gasteiger partial charge in [0.25, 0.3) is 0 Å². The van der Waals surface area contributed by atoms with Gasteiger partial charge in [0.15, 0.2) is 0 Å². The third-order valence-electron chi connectivity index (χ3n) is 3.92. The number of carbonyl (C=O) groups excluding carboxylic acids is 2. The lowest BCUT2D eigenvalue weighted by molar-refractivity contribution is -0.128. The summed E-state index contributed by atoms with van der Waals surface area (Å²) in [7, 11) is 0. The standard InChI is InChI=1S/C13H25N3O2/c1-8-6-9(2)11(14)7-10(8)13(18)16-5-3-4-12(15)17/h8-11H,3-7,14H2,1-2H3,(H2,15,17)(H,16,18). The summed E-state index contributed by atoms with van der Waals surface area (Å²) in [6.45, 7) is 4.76.